The molecule has 0 atom stereocenters. The van der Waals surface area contributed by atoms with E-state index in [1.165, 1.54) is 32.1 Å². The fourth-order valence-electron chi connectivity index (χ4n) is 2.20. The maximum Gasteiger partial charge on any atom is 0.303 e. The Kier molecular flexibility index (Phi) is 9.79. The second-order valence-electron chi connectivity index (χ2n) is 5.32. The maximum absolute atomic E-state index is 10.3. The molecule has 21 heavy (non-hydrogen) atoms. The molecular formula is C17H26O3S. The van der Waals surface area contributed by atoms with E-state index in [1.54, 1.807) is 17.8 Å². The van der Waals surface area contributed by atoms with Gasteiger partial charge in [-0.05, 0) is 36.8 Å². The Bertz CT molecular complexity index is 407. The highest BCUT2D eigenvalue weighted by Crippen LogP contribution is 2.23. The SMILES string of the molecule is O=C(O)CCCCCCCCCCSc1cccc(O)c1. The summed E-state index contributed by atoms with van der Waals surface area (Å²) in [5, 5.41) is 17.9. The first-order valence-corrected chi connectivity index (χ1v) is 8.80. The molecule has 0 aliphatic heterocycles. The van der Waals surface area contributed by atoms with E-state index < -0.39 is 5.97 Å². The zero-order valence-electron chi connectivity index (χ0n) is 12.6. The number of hydrogen-bond acceptors (Lipinski definition) is 3. The molecule has 1 rings (SSSR count). The maximum atomic E-state index is 10.3. The molecule has 0 radical (unpaired) electrons. The third kappa shape index (κ3) is 10.2. The Labute approximate surface area is 131 Å². The summed E-state index contributed by atoms with van der Waals surface area (Å²) in [5.41, 5.74) is 0. The van der Waals surface area contributed by atoms with E-state index in [0.717, 1.165) is 29.9 Å². The number of hydrogen-bond donors (Lipinski definition) is 2. The van der Waals surface area contributed by atoms with Crippen LogP contribution in [0, 0.1) is 0 Å². The van der Waals surface area contributed by atoms with Crippen molar-refractivity contribution in [1.29, 1.82) is 0 Å². The molecule has 0 bridgehead atoms. The highest BCUT2D eigenvalue weighted by Gasteiger charge is 1.98. The molecule has 0 heterocycles. The Balaban J connectivity index is 1.86. The molecular weight excluding hydrogens is 284 g/mol. The Hall–Kier alpha value is -1.16. The summed E-state index contributed by atoms with van der Waals surface area (Å²) in [7, 11) is 0. The first-order valence-electron chi connectivity index (χ1n) is 7.82. The Morgan fingerprint density at radius 3 is 2.19 bits per heavy atom. The predicted octanol–water partition coefficient (Wildman–Crippen LogP) is 5.08. The molecule has 0 spiro atoms. The van der Waals surface area contributed by atoms with Crippen LogP contribution >= 0.6 is 11.8 Å². The third-order valence-electron chi connectivity index (χ3n) is 3.37. The summed E-state index contributed by atoms with van der Waals surface area (Å²) < 4.78 is 0. The molecule has 0 fully saturated rings. The van der Waals surface area contributed by atoms with Crippen LogP contribution in [0.1, 0.15) is 57.8 Å². The van der Waals surface area contributed by atoms with Gasteiger partial charge >= 0.3 is 5.97 Å². The van der Waals surface area contributed by atoms with Crippen molar-refractivity contribution in [1.82, 2.24) is 0 Å². The fourth-order valence-corrected chi connectivity index (χ4v) is 3.17. The van der Waals surface area contributed by atoms with Crippen LogP contribution in [0.25, 0.3) is 0 Å². The van der Waals surface area contributed by atoms with Crippen molar-refractivity contribution in [3.63, 3.8) is 0 Å². The van der Waals surface area contributed by atoms with Crippen LogP contribution in [0.4, 0.5) is 0 Å². The lowest BCUT2D eigenvalue weighted by Gasteiger charge is -2.03. The molecule has 0 unspecified atom stereocenters. The number of carboxylic acids is 1. The van der Waals surface area contributed by atoms with E-state index in [9.17, 15) is 9.90 Å². The summed E-state index contributed by atoms with van der Waals surface area (Å²) in [6.45, 7) is 0. The first-order chi connectivity index (χ1) is 10.2. The van der Waals surface area contributed by atoms with Gasteiger partial charge in [-0.15, -0.1) is 11.8 Å². The van der Waals surface area contributed by atoms with Crippen LogP contribution in [0.2, 0.25) is 0 Å². The van der Waals surface area contributed by atoms with Crippen molar-refractivity contribution in [2.75, 3.05) is 5.75 Å². The summed E-state index contributed by atoms with van der Waals surface area (Å²) in [6, 6.07) is 7.41. The monoisotopic (exact) mass is 310 g/mol. The van der Waals surface area contributed by atoms with Crippen LogP contribution in [0.15, 0.2) is 29.2 Å². The van der Waals surface area contributed by atoms with Gasteiger partial charge in [0.15, 0.2) is 0 Å². The minimum atomic E-state index is -0.681. The van der Waals surface area contributed by atoms with Gasteiger partial charge in [0.2, 0.25) is 0 Å². The van der Waals surface area contributed by atoms with Gasteiger partial charge in [-0.1, -0.05) is 44.6 Å². The van der Waals surface area contributed by atoms with Gasteiger partial charge in [0.05, 0.1) is 0 Å². The lowest BCUT2D eigenvalue weighted by molar-refractivity contribution is -0.137. The number of benzene rings is 1. The highest BCUT2D eigenvalue weighted by atomic mass is 32.2. The average molecular weight is 310 g/mol. The smallest absolute Gasteiger partial charge is 0.303 e. The predicted molar refractivity (Wildman–Crippen MR) is 88.0 cm³/mol. The zero-order valence-corrected chi connectivity index (χ0v) is 13.4. The van der Waals surface area contributed by atoms with Crippen LogP contribution in [-0.4, -0.2) is 21.9 Å². The summed E-state index contributed by atoms with van der Waals surface area (Å²) >= 11 is 1.80. The number of rotatable bonds is 12. The van der Waals surface area contributed by atoms with Gasteiger partial charge in [-0.25, -0.2) is 0 Å². The molecule has 1 aromatic rings. The fraction of sp³-hybridized carbons (Fsp3) is 0.588. The zero-order chi connectivity index (χ0) is 15.3. The molecule has 0 aromatic heterocycles. The Morgan fingerprint density at radius 1 is 0.952 bits per heavy atom. The second-order valence-corrected chi connectivity index (χ2v) is 6.49. The molecule has 0 amide bonds. The van der Waals surface area contributed by atoms with E-state index in [1.807, 2.05) is 18.2 Å². The van der Waals surface area contributed by atoms with E-state index in [4.69, 9.17) is 5.11 Å². The molecule has 0 saturated heterocycles. The van der Waals surface area contributed by atoms with Crippen LogP contribution in [0.3, 0.4) is 0 Å². The average Bonchev–Trinajstić information content (AvgIpc) is 2.44. The number of phenols is 1. The first kappa shape index (κ1) is 17.9. The number of unbranched alkanes of at least 4 members (excludes halogenated alkanes) is 7. The number of carboxylic acid groups (broad SMARTS) is 1. The van der Waals surface area contributed by atoms with Crippen molar-refractivity contribution in [3.8, 4) is 5.75 Å². The molecule has 3 nitrogen and oxygen atoms in total. The molecule has 0 aliphatic rings. The third-order valence-corrected chi connectivity index (χ3v) is 4.45. The lowest BCUT2D eigenvalue weighted by atomic mass is 10.1. The number of aromatic hydroxyl groups is 1. The van der Waals surface area contributed by atoms with E-state index in [2.05, 4.69) is 0 Å². The minimum absolute atomic E-state index is 0.312. The van der Waals surface area contributed by atoms with Crippen molar-refractivity contribution in [2.45, 2.75) is 62.7 Å². The Morgan fingerprint density at radius 2 is 1.57 bits per heavy atom. The van der Waals surface area contributed by atoms with Crippen molar-refractivity contribution in [3.05, 3.63) is 24.3 Å². The van der Waals surface area contributed by atoms with E-state index in [-0.39, 0.29) is 0 Å². The second kappa shape index (κ2) is 11.5. The van der Waals surface area contributed by atoms with Crippen molar-refractivity contribution in [2.24, 2.45) is 0 Å². The summed E-state index contributed by atoms with van der Waals surface area (Å²) in [6.07, 6.45) is 9.52. The lowest BCUT2D eigenvalue weighted by Crippen LogP contribution is -1.93. The van der Waals surface area contributed by atoms with Gasteiger partial charge < -0.3 is 10.2 Å². The van der Waals surface area contributed by atoms with Gasteiger partial charge in [0.1, 0.15) is 5.75 Å². The van der Waals surface area contributed by atoms with Crippen LogP contribution < -0.4 is 0 Å². The van der Waals surface area contributed by atoms with Crippen LogP contribution in [0.5, 0.6) is 5.75 Å². The van der Waals surface area contributed by atoms with Gasteiger partial charge in [0, 0.05) is 11.3 Å². The molecule has 118 valence electrons. The normalized spacial score (nSPS) is 10.7. The molecule has 4 heteroatoms. The number of carbonyl (C=O) groups is 1. The molecule has 0 saturated carbocycles. The number of thioether (sulfide) groups is 1. The minimum Gasteiger partial charge on any atom is -0.508 e. The number of phenolic OH excluding ortho intramolecular Hbond substituents is 1. The van der Waals surface area contributed by atoms with E-state index >= 15 is 0 Å². The van der Waals surface area contributed by atoms with Crippen LogP contribution in [-0.2, 0) is 4.79 Å². The van der Waals surface area contributed by atoms with E-state index in [0.29, 0.717) is 12.2 Å². The number of aliphatic carboxylic acids is 1. The van der Waals surface area contributed by atoms with Gasteiger partial charge in [0.25, 0.3) is 0 Å². The highest BCUT2D eigenvalue weighted by molar-refractivity contribution is 7.99. The van der Waals surface area contributed by atoms with Crippen molar-refractivity contribution >= 4 is 17.7 Å². The summed E-state index contributed by atoms with van der Waals surface area (Å²) in [4.78, 5) is 11.5. The molecule has 2 N–H and O–H groups in total. The molecule has 1 aromatic carbocycles. The molecule has 0 aliphatic carbocycles. The van der Waals surface area contributed by atoms with Gasteiger partial charge in [-0.3, -0.25) is 4.79 Å². The quantitative estimate of drug-likeness (QED) is 0.417. The largest absolute Gasteiger partial charge is 0.508 e. The van der Waals surface area contributed by atoms with Crippen molar-refractivity contribution < 1.29 is 15.0 Å². The van der Waals surface area contributed by atoms with Gasteiger partial charge in [-0.2, -0.15) is 0 Å². The summed E-state index contributed by atoms with van der Waals surface area (Å²) in [5.74, 6) is 0.754. The standard InChI is InChI=1S/C17H26O3S/c18-15-10-9-11-16(14-15)21-13-8-6-4-2-1-3-5-7-12-17(19)20/h9-11,14,18H,1-8,12-13H2,(H,19,20). The topological polar surface area (TPSA) is 57.5 Å².